The molecule has 0 aliphatic heterocycles. The minimum absolute atomic E-state index is 0.639. The van der Waals surface area contributed by atoms with Gasteiger partial charge in [0.05, 0.1) is 26.4 Å². The second-order valence-corrected chi connectivity index (χ2v) is 6.17. The molecule has 3 nitrogen and oxygen atoms in total. The number of ether oxygens (including phenoxy) is 2. The molecule has 0 N–H and O–H groups in total. The molecule has 0 aromatic heterocycles. The standard InChI is InChI=1S/C16H34O3Si/c1-3-5-7-8-9-10-11-17-12-13-18-14-15-19-20-16-6-4-2/h3-16H2,1-2H3. The maximum absolute atomic E-state index is 5.54. The Hall–Kier alpha value is 0.0969. The Bertz CT molecular complexity index is 150. The van der Waals surface area contributed by atoms with E-state index in [1.807, 2.05) is 0 Å². The van der Waals surface area contributed by atoms with Crippen LogP contribution in [0.5, 0.6) is 0 Å². The predicted octanol–water partition coefficient (Wildman–Crippen LogP) is 4.23. The molecule has 0 fully saturated rings. The lowest BCUT2D eigenvalue weighted by molar-refractivity contribution is 0.0355. The van der Waals surface area contributed by atoms with Crippen LogP contribution < -0.4 is 0 Å². The predicted molar refractivity (Wildman–Crippen MR) is 86.4 cm³/mol. The molecule has 0 aromatic carbocycles. The SMILES string of the molecule is CCCCCCCCOCCOCCO[Si]CCCC. The Morgan fingerprint density at radius 2 is 1.20 bits per heavy atom. The minimum Gasteiger partial charge on any atom is -0.415 e. The molecule has 120 valence electrons. The van der Waals surface area contributed by atoms with E-state index >= 15 is 0 Å². The fourth-order valence-electron chi connectivity index (χ4n) is 1.80. The molecular weight excluding hydrogens is 268 g/mol. The summed E-state index contributed by atoms with van der Waals surface area (Å²) in [7, 11) is 0.639. The van der Waals surface area contributed by atoms with Crippen molar-refractivity contribution in [3.05, 3.63) is 0 Å². The molecule has 0 atom stereocenters. The average Bonchev–Trinajstić information content (AvgIpc) is 2.47. The van der Waals surface area contributed by atoms with Gasteiger partial charge in [-0.1, -0.05) is 58.8 Å². The lowest BCUT2D eigenvalue weighted by Crippen LogP contribution is -2.11. The summed E-state index contributed by atoms with van der Waals surface area (Å²) in [5.74, 6) is 0. The van der Waals surface area contributed by atoms with Crippen molar-refractivity contribution in [3.63, 3.8) is 0 Å². The molecule has 0 aliphatic carbocycles. The number of rotatable bonds is 17. The summed E-state index contributed by atoms with van der Waals surface area (Å²) in [6.07, 6.45) is 10.4. The number of hydrogen-bond acceptors (Lipinski definition) is 3. The molecule has 4 heteroatoms. The van der Waals surface area contributed by atoms with E-state index in [2.05, 4.69) is 13.8 Å². The van der Waals surface area contributed by atoms with Crippen molar-refractivity contribution >= 4 is 9.76 Å². The molecule has 0 rings (SSSR count). The van der Waals surface area contributed by atoms with Crippen molar-refractivity contribution in [2.75, 3.05) is 33.0 Å². The highest BCUT2D eigenvalue weighted by atomic mass is 28.2. The van der Waals surface area contributed by atoms with Gasteiger partial charge in [-0.15, -0.1) is 0 Å². The molecule has 0 saturated heterocycles. The van der Waals surface area contributed by atoms with Crippen molar-refractivity contribution in [3.8, 4) is 0 Å². The van der Waals surface area contributed by atoms with Crippen LogP contribution in [-0.4, -0.2) is 42.8 Å². The molecule has 0 heterocycles. The second kappa shape index (κ2) is 19.1. The van der Waals surface area contributed by atoms with Gasteiger partial charge in [-0.25, -0.2) is 0 Å². The van der Waals surface area contributed by atoms with Crippen molar-refractivity contribution in [2.24, 2.45) is 0 Å². The lowest BCUT2D eigenvalue weighted by Gasteiger charge is -2.06. The summed E-state index contributed by atoms with van der Waals surface area (Å²) in [5, 5.41) is 0. The molecule has 20 heavy (non-hydrogen) atoms. The largest absolute Gasteiger partial charge is 0.415 e. The fraction of sp³-hybridized carbons (Fsp3) is 1.00. The molecule has 0 unspecified atom stereocenters. The van der Waals surface area contributed by atoms with Gasteiger partial charge in [-0.05, 0) is 12.5 Å². The molecular formula is C16H34O3Si. The highest BCUT2D eigenvalue weighted by Gasteiger charge is 1.94. The van der Waals surface area contributed by atoms with E-state index in [-0.39, 0.29) is 0 Å². The first-order valence-corrected chi connectivity index (χ1v) is 9.53. The maximum atomic E-state index is 5.54. The lowest BCUT2D eigenvalue weighted by atomic mass is 10.1. The van der Waals surface area contributed by atoms with Crippen molar-refractivity contribution < 1.29 is 13.9 Å². The van der Waals surface area contributed by atoms with Crippen molar-refractivity contribution in [2.45, 2.75) is 71.3 Å². The van der Waals surface area contributed by atoms with E-state index in [1.165, 1.54) is 57.4 Å². The first-order valence-electron chi connectivity index (χ1n) is 8.42. The van der Waals surface area contributed by atoms with Gasteiger partial charge < -0.3 is 13.9 Å². The van der Waals surface area contributed by atoms with E-state index in [0.717, 1.165) is 13.2 Å². The maximum Gasteiger partial charge on any atom is 0.229 e. The third-order valence-electron chi connectivity index (χ3n) is 3.08. The summed E-state index contributed by atoms with van der Waals surface area (Å²) in [5.41, 5.74) is 0. The van der Waals surface area contributed by atoms with Gasteiger partial charge in [-0.3, -0.25) is 0 Å². The Morgan fingerprint density at radius 1 is 0.600 bits per heavy atom. The van der Waals surface area contributed by atoms with Crippen molar-refractivity contribution in [1.82, 2.24) is 0 Å². The van der Waals surface area contributed by atoms with E-state index in [4.69, 9.17) is 13.9 Å². The highest BCUT2D eigenvalue weighted by Crippen LogP contribution is 2.04. The first-order chi connectivity index (χ1) is 9.91. The van der Waals surface area contributed by atoms with E-state index in [9.17, 15) is 0 Å². The summed E-state index contributed by atoms with van der Waals surface area (Å²) in [4.78, 5) is 0. The van der Waals surface area contributed by atoms with Crippen molar-refractivity contribution in [1.29, 1.82) is 0 Å². The Balaban J connectivity index is 2.89. The van der Waals surface area contributed by atoms with Crippen LogP contribution in [0.1, 0.15) is 65.2 Å². The zero-order chi connectivity index (χ0) is 14.7. The number of unbranched alkanes of at least 4 members (excludes halogenated alkanes) is 6. The quantitative estimate of drug-likeness (QED) is 0.297. The van der Waals surface area contributed by atoms with Crippen LogP contribution in [0.15, 0.2) is 0 Å². The van der Waals surface area contributed by atoms with Crippen LogP contribution in [0.4, 0.5) is 0 Å². The Kier molecular flexibility index (Phi) is 19.2. The minimum atomic E-state index is 0.639. The topological polar surface area (TPSA) is 27.7 Å². The highest BCUT2D eigenvalue weighted by molar-refractivity contribution is 6.26. The zero-order valence-electron chi connectivity index (χ0n) is 13.6. The van der Waals surface area contributed by atoms with Gasteiger partial charge in [0.1, 0.15) is 0 Å². The first kappa shape index (κ1) is 20.1. The Morgan fingerprint density at radius 3 is 1.95 bits per heavy atom. The molecule has 0 saturated carbocycles. The van der Waals surface area contributed by atoms with Crippen LogP contribution in [0.2, 0.25) is 6.04 Å². The third kappa shape index (κ3) is 18.1. The normalized spacial score (nSPS) is 11.1. The van der Waals surface area contributed by atoms with Gasteiger partial charge in [0.2, 0.25) is 9.76 Å². The van der Waals surface area contributed by atoms with E-state index in [1.54, 1.807) is 0 Å². The summed E-state index contributed by atoms with van der Waals surface area (Å²) in [6.45, 7) is 8.16. The Labute approximate surface area is 128 Å². The van der Waals surface area contributed by atoms with Gasteiger partial charge in [0.25, 0.3) is 0 Å². The van der Waals surface area contributed by atoms with Gasteiger partial charge in [0, 0.05) is 6.61 Å². The molecule has 0 aliphatic rings. The summed E-state index contributed by atoms with van der Waals surface area (Å²) in [6, 6.07) is 1.19. The molecule has 0 aromatic rings. The second-order valence-electron chi connectivity index (χ2n) is 5.09. The van der Waals surface area contributed by atoms with Gasteiger partial charge in [0.15, 0.2) is 0 Å². The summed E-state index contributed by atoms with van der Waals surface area (Å²) < 4.78 is 16.5. The van der Waals surface area contributed by atoms with Crippen LogP contribution in [0.3, 0.4) is 0 Å². The van der Waals surface area contributed by atoms with Crippen LogP contribution in [0, 0.1) is 0 Å². The van der Waals surface area contributed by atoms with Gasteiger partial charge >= 0.3 is 0 Å². The van der Waals surface area contributed by atoms with Gasteiger partial charge in [-0.2, -0.15) is 0 Å². The third-order valence-corrected chi connectivity index (χ3v) is 4.04. The molecule has 0 spiro atoms. The zero-order valence-corrected chi connectivity index (χ0v) is 14.6. The number of hydrogen-bond donors (Lipinski definition) is 0. The summed E-state index contributed by atoms with van der Waals surface area (Å²) >= 11 is 0. The fourth-order valence-corrected chi connectivity index (χ4v) is 2.67. The monoisotopic (exact) mass is 302 g/mol. The van der Waals surface area contributed by atoms with E-state index in [0.29, 0.717) is 29.6 Å². The molecule has 2 radical (unpaired) electrons. The van der Waals surface area contributed by atoms with E-state index < -0.39 is 0 Å². The smallest absolute Gasteiger partial charge is 0.229 e. The van der Waals surface area contributed by atoms with Crippen LogP contribution in [-0.2, 0) is 13.9 Å². The van der Waals surface area contributed by atoms with Crippen LogP contribution in [0.25, 0.3) is 0 Å². The molecule has 0 amide bonds. The van der Waals surface area contributed by atoms with Crippen LogP contribution >= 0.6 is 0 Å². The average molecular weight is 303 g/mol. The molecule has 0 bridgehead atoms.